The molecule has 0 radical (unpaired) electrons. The third kappa shape index (κ3) is 2.51. The van der Waals surface area contributed by atoms with Gasteiger partial charge in [0.1, 0.15) is 0 Å². The molecular weight excluding hydrogens is 210 g/mol. The number of aliphatic hydroxyl groups is 1. The van der Waals surface area contributed by atoms with E-state index in [1.54, 1.807) is 0 Å². The van der Waals surface area contributed by atoms with Gasteiger partial charge in [0.05, 0.1) is 11.6 Å². The van der Waals surface area contributed by atoms with Crippen molar-refractivity contribution < 1.29 is 5.11 Å². The summed E-state index contributed by atoms with van der Waals surface area (Å²) in [6, 6.07) is 9.64. The molecule has 1 saturated carbocycles. The first-order chi connectivity index (χ1) is 6.72. The van der Waals surface area contributed by atoms with Crippen molar-refractivity contribution in [2.45, 2.75) is 37.3 Å². The van der Waals surface area contributed by atoms with E-state index in [-0.39, 0.29) is 18.4 Å². The Bertz CT molecular complexity index is 296. The second kappa shape index (κ2) is 4.97. The van der Waals surface area contributed by atoms with E-state index in [4.69, 9.17) is 5.73 Å². The zero-order chi connectivity index (χ0) is 10.0. The number of benzene rings is 1. The van der Waals surface area contributed by atoms with Crippen LogP contribution in [0.4, 0.5) is 0 Å². The van der Waals surface area contributed by atoms with Crippen LogP contribution in [-0.2, 0) is 0 Å². The largest absolute Gasteiger partial charge is 0.388 e. The molecule has 0 amide bonds. The quantitative estimate of drug-likeness (QED) is 0.815. The molecule has 3 heteroatoms. The van der Waals surface area contributed by atoms with Crippen molar-refractivity contribution in [1.29, 1.82) is 0 Å². The van der Waals surface area contributed by atoms with Gasteiger partial charge in [0.15, 0.2) is 0 Å². The number of hydrogen-bond donors (Lipinski definition) is 2. The van der Waals surface area contributed by atoms with Crippen LogP contribution in [-0.4, -0.2) is 10.7 Å². The second-order valence-electron chi connectivity index (χ2n) is 4.20. The third-order valence-corrected chi connectivity index (χ3v) is 3.21. The van der Waals surface area contributed by atoms with Gasteiger partial charge in [-0.05, 0) is 18.4 Å². The molecule has 0 heterocycles. The molecule has 84 valence electrons. The fourth-order valence-electron chi connectivity index (χ4n) is 2.27. The Hall–Kier alpha value is -0.570. The molecule has 1 fully saturated rings. The molecule has 2 rings (SSSR count). The van der Waals surface area contributed by atoms with Crippen molar-refractivity contribution in [3.8, 4) is 0 Å². The maximum atomic E-state index is 10.3. The van der Waals surface area contributed by atoms with Crippen LogP contribution >= 0.6 is 12.4 Å². The van der Waals surface area contributed by atoms with Crippen molar-refractivity contribution in [2.24, 2.45) is 5.73 Å². The maximum absolute atomic E-state index is 10.3. The van der Waals surface area contributed by atoms with Crippen LogP contribution < -0.4 is 5.73 Å². The van der Waals surface area contributed by atoms with Crippen molar-refractivity contribution in [3.63, 3.8) is 0 Å². The molecule has 0 saturated heterocycles. The van der Waals surface area contributed by atoms with Gasteiger partial charge >= 0.3 is 0 Å². The standard InChI is InChI=1S/C12H17NO.ClH/c13-11(10-6-2-1-3-7-10)12(14)8-4-5-9-12;/h1-3,6-7,11,14H,4-5,8-9,13H2;1H/t11-;/m0./s1. The fourth-order valence-corrected chi connectivity index (χ4v) is 2.27. The lowest BCUT2D eigenvalue weighted by atomic mass is 9.88. The lowest BCUT2D eigenvalue weighted by Gasteiger charge is -2.29. The van der Waals surface area contributed by atoms with Gasteiger partial charge < -0.3 is 10.8 Å². The van der Waals surface area contributed by atoms with Gasteiger partial charge in [0.2, 0.25) is 0 Å². The first-order valence-electron chi connectivity index (χ1n) is 5.25. The SMILES string of the molecule is Cl.N[C@@H](c1ccccc1)C1(O)CCCC1. The fraction of sp³-hybridized carbons (Fsp3) is 0.500. The van der Waals surface area contributed by atoms with Gasteiger partial charge in [-0.25, -0.2) is 0 Å². The Kier molecular flexibility index (Phi) is 4.14. The van der Waals surface area contributed by atoms with E-state index < -0.39 is 5.60 Å². The minimum Gasteiger partial charge on any atom is -0.388 e. The number of rotatable bonds is 2. The van der Waals surface area contributed by atoms with E-state index in [2.05, 4.69) is 0 Å². The molecule has 1 aromatic rings. The van der Waals surface area contributed by atoms with Crippen LogP contribution in [0.15, 0.2) is 30.3 Å². The maximum Gasteiger partial charge on any atom is 0.0839 e. The topological polar surface area (TPSA) is 46.2 Å². The van der Waals surface area contributed by atoms with E-state index in [1.807, 2.05) is 30.3 Å². The highest BCUT2D eigenvalue weighted by molar-refractivity contribution is 5.85. The van der Waals surface area contributed by atoms with Gasteiger partial charge in [-0.2, -0.15) is 0 Å². The molecule has 0 aliphatic heterocycles. The summed E-state index contributed by atoms with van der Waals surface area (Å²) in [5.74, 6) is 0. The lowest BCUT2D eigenvalue weighted by molar-refractivity contribution is 0.0203. The molecule has 0 bridgehead atoms. The summed E-state index contributed by atoms with van der Waals surface area (Å²) in [6.45, 7) is 0. The van der Waals surface area contributed by atoms with Crippen LogP contribution in [0.25, 0.3) is 0 Å². The molecule has 0 aromatic heterocycles. The molecule has 0 spiro atoms. The predicted molar refractivity (Wildman–Crippen MR) is 64.0 cm³/mol. The normalized spacial score (nSPS) is 20.7. The summed E-state index contributed by atoms with van der Waals surface area (Å²) in [6.07, 6.45) is 3.86. The minimum atomic E-state index is -0.665. The molecule has 1 aromatic carbocycles. The van der Waals surface area contributed by atoms with Crippen molar-refractivity contribution in [1.82, 2.24) is 0 Å². The smallest absolute Gasteiger partial charge is 0.0839 e. The molecule has 15 heavy (non-hydrogen) atoms. The van der Waals surface area contributed by atoms with E-state index in [0.29, 0.717) is 0 Å². The minimum absolute atomic E-state index is 0. The monoisotopic (exact) mass is 227 g/mol. The van der Waals surface area contributed by atoms with Gasteiger partial charge in [-0.15, -0.1) is 12.4 Å². The highest BCUT2D eigenvalue weighted by Crippen LogP contribution is 2.38. The van der Waals surface area contributed by atoms with Gasteiger partial charge in [0, 0.05) is 0 Å². The van der Waals surface area contributed by atoms with Crippen LogP contribution in [0.1, 0.15) is 37.3 Å². The van der Waals surface area contributed by atoms with Crippen molar-refractivity contribution in [3.05, 3.63) is 35.9 Å². The van der Waals surface area contributed by atoms with Crippen LogP contribution in [0.3, 0.4) is 0 Å². The van der Waals surface area contributed by atoms with Crippen LogP contribution in [0.2, 0.25) is 0 Å². The zero-order valence-corrected chi connectivity index (χ0v) is 9.54. The third-order valence-electron chi connectivity index (χ3n) is 3.21. The molecule has 0 unspecified atom stereocenters. The van der Waals surface area contributed by atoms with Crippen molar-refractivity contribution in [2.75, 3.05) is 0 Å². The summed E-state index contributed by atoms with van der Waals surface area (Å²) >= 11 is 0. The zero-order valence-electron chi connectivity index (χ0n) is 8.73. The second-order valence-corrected chi connectivity index (χ2v) is 4.20. The number of nitrogens with two attached hydrogens (primary N) is 1. The lowest BCUT2D eigenvalue weighted by Crippen LogP contribution is -2.38. The Labute approximate surface area is 96.9 Å². The summed E-state index contributed by atoms with van der Waals surface area (Å²) < 4.78 is 0. The average molecular weight is 228 g/mol. The van der Waals surface area contributed by atoms with Gasteiger partial charge in [0.25, 0.3) is 0 Å². The molecule has 1 atom stereocenters. The van der Waals surface area contributed by atoms with E-state index in [0.717, 1.165) is 31.2 Å². The molecular formula is C12H18ClNO. The summed E-state index contributed by atoms with van der Waals surface area (Å²) in [5.41, 5.74) is 6.46. The van der Waals surface area contributed by atoms with E-state index in [9.17, 15) is 5.11 Å². The van der Waals surface area contributed by atoms with E-state index >= 15 is 0 Å². The first-order valence-corrected chi connectivity index (χ1v) is 5.25. The molecule has 1 aliphatic rings. The highest BCUT2D eigenvalue weighted by Gasteiger charge is 2.37. The molecule has 1 aliphatic carbocycles. The summed E-state index contributed by atoms with van der Waals surface area (Å²) in [7, 11) is 0. The van der Waals surface area contributed by atoms with Crippen molar-refractivity contribution >= 4 is 12.4 Å². The highest BCUT2D eigenvalue weighted by atomic mass is 35.5. The Morgan fingerprint density at radius 1 is 1.13 bits per heavy atom. The van der Waals surface area contributed by atoms with Crippen LogP contribution in [0, 0.1) is 0 Å². The predicted octanol–water partition coefficient (Wildman–Crippen LogP) is 2.41. The van der Waals surface area contributed by atoms with Gasteiger partial charge in [-0.3, -0.25) is 0 Å². The van der Waals surface area contributed by atoms with E-state index in [1.165, 1.54) is 0 Å². The van der Waals surface area contributed by atoms with Gasteiger partial charge in [-0.1, -0.05) is 43.2 Å². The number of halogens is 1. The average Bonchev–Trinajstić information content (AvgIpc) is 2.67. The first kappa shape index (κ1) is 12.5. The molecule has 3 N–H and O–H groups in total. The summed E-state index contributed by atoms with van der Waals surface area (Å²) in [4.78, 5) is 0. The molecule has 2 nitrogen and oxygen atoms in total. The Balaban J connectivity index is 0.00000112. The number of hydrogen-bond acceptors (Lipinski definition) is 2. The Morgan fingerprint density at radius 3 is 2.20 bits per heavy atom. The summed E-state index contributed by atoms with van der Waals surface area (Å²) in [5, 5.41) is 10.3. The van der Waals surface area contributed by atoms with Crippen LogP contribution in [0.5, 0.6) is 0 Å². The Morgan fingerprint density at radius 2 is 1.67 bits per heavy atom.